The quantitative estimate of drug-likeness (QED) is 0.633. The highest BCUT2D eigenvalue weighted by Gasteiger charge is 2.12. The minimum atomic E-state index is -0.120. The first-order chi connectivity index (χ1) is 9.77. The highest BCUT2D eigenvalue weighted by molar-refractivity contribution is 5.17. The normalized spacial score (nSPS) is 12.6. The molecule has 0 aromatic heterocycles. The van der Waals surface area contributed by atoms with Gasteiger partial charge in [0, 0.05) is 26.9 Å². The maximum Gasteiger partial charge on any atom is 0.126 e. The Labute approximate surface area is 121 Å². The van der Waals surface area contributed by atoms with Gasteiger partial charge in [-0.05, 0) is 43.9 Å². The average Bonchev–Trinajstić information content (AvgIpc) is 2.46. The second kappa shape index (κ2) is 10.8. The molecule has 0 bridgehead atoms. The first kappa shape index (κ1) is 17.1. The van der Waals surface area contributed by atoms with Crippen LogP contribution in [0, 0.1) is 11.7 Å². The zero-order chi connectivity index (χ0) is 14.6. The van der Waals surface area contributed by atoms with Crippen molar-refractivity contribution in [3.05, 3.63) is 35.6 Å². The molecule has 20 heavy (non-hydrogen) atoms. The molecule has 0 aliphatic heterocycles. The molecule has 1 atom stereocenters. The van der Waals surface area contributed by atoms with Crippen LogP contribution in [0.4, 0.5) is 4.39 Å². The second-order valence-corrected chi connectivity index (χ2v) is 4.84. The molecule has 3 nitrogen and oxygen atoms in total. The fourth-order valence-electron chi connectivity index (χ4n) is 2.13. The fraction of sp³-hybridized carbons (Fsp3) is 0.625. The standard InChI is InChI=1S/C16H26FNO2/c1-3-20-10-8-14(13-18-9-11-19-2)12-15-6-4-5-7-16(15)17/h4-7,14,18H,3,8-13H2,1-2H3. The van der Waals surface area contributed by atoms with E-state index in [-0.39, 0.29) is 5.82 Å². The maximum atomic E-state index is 13.7. The number of methoxy groups -OCH3 is 1. The first-order valence-corrected chi connectivity index (χ1v) is 7.28. The van der Waals surface area contributed by atoms with Gasteiger partial charge in [-0.1, -0.05) is 18.2 Å². The highest BCUT2D eigenvalue weighted by Crippen LogP contribution is 2.15. The van der Waals surface area contributed by atoms with Gasteiger partial charge >= 0.3 is 0 Å². The summed E-state index contributed by atoms with van der Waals surface area (Å²) in [5, 5.41) is 3.35. The molecule has 0 fully saturated rings. The summed E-state index contributed by atoms with van der Waals surface area (Å²) in [6, 6.07) is 6.99. The molecule has 1 rings (SSSR count). The summed E-state index contributed by atoms with van der Waals surface area (Å²) < 4.78 is 24.1. The highest BCUT2D eigenvalue weighted by atomic mass is 19.1. The minimum absolute atomic E-state index is 0.120. The topological polar surface area (TPSA) is 30.5 Å². The van der Waals surface area contributed by atoms with Gasteiger partial charge in [0.2, 0.25) is 0 Å². The van der Waals surface area contributed by atoms with Crippen LogP contribution in [0.25, 0.3) is 0 Å². The van der Waals surface area contributed by atoms with Crippen molar-refractivity contribution in [3.8, 4) is 0 Å². The molecule has 1 unspecified atom stereocenters. The lowest BCUT2D eigenvalue weighted by Crippen LogP contribution is -2.28. The Morgan fingerprint density at radius 1 is 1.25 bits per heavy atom. The Balaban J connectivity index is 2.46. The summed E-state index contributed by atoms with van der Waals surface area (Å²) in [5.74, 6) is 0.251. The molecular weight excluding hydrogens is 257 g/mol. The maximum absolute atomic E-state index is 13.7. The number of hydrogen-bond donors (Lipinski definition) is 1. The van der Waals surface area contributed by atoms with E-state index < -0.39 is 0 Å². The van der Waals surface area contributed by atoms with Gasteiger partial charge < -0.3 is 14.8 Å². The SMILES string of the molecule is CCOCCC(CNCCOC)Cc1ccccc1F. The van der Waals surface area contributed by atoms with Crippen LogP contribution in [0.1, 0.15) is 18.9 Å². The molecule has 0 saturated heterocycles. The number of halogens is 1. The molecule has 0 radical (unpaired) electrons. The molecule has 4 heteroatoms. The average molecular weight is 283 g/mol. The smallest absolute Gasteiger partial charge is 0.126 e. The molecule has 0 aliphatic carbocycles. The van der Waals surface area contributed by atoms with Crippen LogP contribution in [-0.4, -0.2) is 40.0 Å². The van der Waals surface area contributed by atoms with E-state index in [1.165, 1.54) is 6.07 Å². The van der Waals surface area contributed by atoms with Gasteiger partial charge in [-0.2, -0.15) is 0 Å². The largest absolute Gasteiger partial charge is 0.383 e. The summed E-state index contributed by atoms with van der Waals surface area (Å²) in [6.07, 6.45) is 1.67. The number of rotatable bonds is 11. The van der Waals surface area contributed by atoms with Gasteiger partial charge in [-0.3, -0.25) is 0 Å². The molecule has 1 aromatic carbocycles. The first-order valence-electron chi connectivity index (χ1n) is 7.28. The summed E-state index contributed by atoms with van der Waals surface area (Å²) in [6.45, 7) is 5.80. The lowest BCUT2D eigenvalue weighted by molar-refractivity contribution is 0.130. The minimum Gasteiger partial charge on any atom is -0.383 e. The van der Waals surface area contributed by atoms with E-state index in [1.54, 1.807) is 13.2 Å². The number of nitrogens with one attached hydrogen (secondary N) is 1. The van der Waals surface area contributed by atoms with E-state index >= 15 is 0 Å². The van der Waals surface area contributed by atoms with E-state index in [1.807, 2.05) is 19.1 Å². The van der Waals surface area contributed by atoms with Crippen LogP contribution in [0.3, 0.4) is 0 Å². The van der Waals surface area contributed by atoms with E-state index in [4.69, 9.17) is 9.47 Å². The summed E-state index contributed by atoms with van der Waals surface area (Å²) in [4.78, 5) is 0. The van der Waals surface area contributed by atoms with Gasteiger partial charge in [0.25, 0.3) is 0 Å². The Kier molecular flexibility index (Phi) is 9.20. The molecule has 0 amide bonds. The number of hydrogen-bond acceptors (Lipinski definition) is 3. The van der Waals surface area contributed by atoms with Crippen LogP contribution in [0.5, 0.6) is 0 Å². The van der Waals surface area contributed by atoms with E-state index in [0.717, 1.165) is 44.7 Å². The van der Waals surface area contributed by atoms with Crippen molar-refractivity contribution in [2.45, 2.75) is 19.8 Å². The van der Waals surface area contributed by atoms with Gasteiger partial charge in [0.05, 0.1) is 6.61 Å². The van der Waals surface area contributed by atoms with Crippen molar-refractivity contribution >= 4 is 0 Å². The monoisotopic (exact) mass is 283 g/mol. The molecule has 114 valence electrons. The third-order valence-corrected chi connectivity index (χ3v) is 3.26. The molecule has 1 N–H and O–H groups in total. The second-order valence-electron chi connectivity index (χ2n) is 4.84. The zero-order valence-corrected chi connectivity index (χ0v) is 12.5. The lowest BCUT2D eigenvalue weighted by Gasteiger charge is -2.18. The van der Waals surface area contributed by atoms with Crippen molar-refractivity contribution in [1.29, 1.82) is 0 Å². The van der Waals surface area contributed by atoms with E-state index in [9.17, 15) is 4.39 Å². The van der Waals surface area contributed by atoms with Gasteiger partial charge in [0.1, 0.15) is 5.82 Å². The lowest BCUT2D eigenvalue weighted by atomic mass is 9.96. The molecule has 0 heterocycles. The van der Waals surface area contributed by atoms with Crippen LogP contribution in [0.2, 0.25) is 0 Å². The van der Waals surface area contributed by atoms with Gasteiger partial charge in [-0.25, -0.2) is 4.39 Å². The van der Waals surface area contributed by atoms with Crippen LogP contribution in [-0.2, 0) is 15.9 Å². The summed E-state index contributed by atoms with van der Waals surface area (Å²) in [5.41, 5.74) is 0.780. The summed E-state index contributed by atoms with van der Waals surface area (Å²) >= 11 is 0. The third kappa shape index (κ3) is 6.98. The van der Waals surface area contributed by atoms with Crippen LogP contribution in [0.15, 0.2) is 24.3 Å². The zero-order valence-electron chi connectivity index (χ0n) is 12.5. The van der Waals surface area contributed by atoms with E-state index in [0.29, 0.717) is 12.5 Å². The Bertz CT molecular complexity index is 360. The van der Waals surface area contributed by atoms with Crippen molar-refractivity contribution < 1.29 is 13.9 Å². The Morgan fingerprint density at radius 3 is 2.75 bits per heavy atom. The molecule has 0 aliphatic rings. The fourth-order valence-corrected chi connectivity index (χ4v) is 2.13. The van der Waals surface area contributed by atoms with Crippen molar-refractivity contribution in [3.63, 3.8) is 0 Å². The van der Waals surface area contributed by atoms with Crippen molar-refractivity contribution in [1.82, 2.24) is 5.32 Å². The summed E-state index contributed by atoms with van der Waals surface area (Å²) in [7, 11) is 1.69. The Morgan fingerprint density at radius 2 is 2.05 bits per heavy atom. The Hall–Kier alpha value is -0.970. The number of benzene rings is 1. The third-order valence-electron chi connectivity index (χ3n) is 3.26. The van der Waals surface area contributed by atoms with Crippen LogP contribution < -0.4 is 5.32 Å². The van der Waals surface area contributed by atoms with Crippen molar-refractivity contribution in [2.75, 3.05) is 40.0 Å². The molecular formula is C16H26FNO2. The predicted octanol–water partition coefficient (Wildman–Crippen LogP) is 2.65. The van der Waals surface area contributed by atoms with Gasteiger partial charge in [0.15, 0.2) is 0 Å². The van der Waals surface area contributed by atoms with Crippen molar-refractivity contribution in [2.24, 2.45) is 5.92 Å². The van der Waals surface area contributed by atoms with E-state index in [2.05, 4.69) is 5.32 Å². The number of ether oxygens (including phenoxy) is 2. The van der Waals surface area contributed by atoms with Crippen LogP contribution >= 0.6 is 0 Å². The molecule has 0 saturated carbocycles. The molecule has 1 aromatic rings. The predicted molar refractivity (Wildman–Crippen MR) is 79.4 cm³/mol. The molecule has 0 spiro atoms. The van der Waals surface area contributed by atoms with Gasteiger partial charge in [-0.15, -0.1) is 0 Å².